The van der Waals surface area contributed by atoms with Gasteiger partial charge in [-0.05, 0) is 84.8 Å². The predicted octanol–water partition coefficient (Wildman–Crippen LogP) is 5.23. The van der Waals surface area contributed by atoms with Crippen LogP contribution < -0.4 is 5.32 Å². The minimum atomic E-state index is -3.88. The SMILES string of the molecule is CCCc1ccc(S(=O)(=O)n2ncc3cc(-c4cc(C(=O)NC5CC5)cc(F)c4C)ccc32)cc1. The number of hydrogen-bond acceptors (Lipinski definition) is 4. The summed E-state index contributed by atoms with van der Waals surface area (Å²) in [6.07, 6.45) is 5.24. The molecule has 0 aliphatic heterocycles. The Kier molecular flexibility index (Phi) is 5.92. The number of fused-ring (bicyclic) bond motifs is 1. The predicted molar refractivity (Wildman–Crippen MR) is 133 cm³/mol. The van der Waals surface area contributed by atoms with Crippen LogP contribution >= 0.6 is 0 Å². The van der Waals surface area contributed by atoms with Crippen LogP contribution in [0, 0.1) is 12.7 Å². The number of benzene rings is 3. The van der Waals surface area contributed by atoms with Crippen LogP contribution in [0.1, 0.15) is 47.7 Å². The van der Waals surface area contributed by atoms with Crippen LogP contribution in [0.3, 0.4) is 0 Å². The number of halogens is 1. The summed E-state index contributed by atoms with van der Waals surface area (Å²) in [5.74, 6) is -0.758. The van der Waals surface area contributed by atoms with E-state index >= 15 is 0 Å². The highest BCUT2D eigenvalue weighted by atomic mass is 32.2. The fraction of sp³-hybridized carbons (Fsp3) is 0.259. The molecule has 1 fully saturated rings. The van der Waals surface area contributed by atoms with E-state index in [1.54, 1.807) is 43.3 Å². The van der Waals surface area contributed by atoms with Crippen molar-refractivity contribution in [1.82, 2.24) is 14.5 Å². The zero-order valence-electron chi connectivity index (χ0n) is 19.6. The van der Waals surface area contributed by atoms with Crippen LogP contribution in [0.2, 0.25) is 0 Å². The normalized spacial score (nSPS) is 13.8. The third-order valence-corrected chi connectivity index (χ3v) is 7.97. The molecule has 1 heterocycles. The lowest BCUT2D eigenvalue weighted by atomic mass is 9.96. The molecule has 4 aromatic rings. The maximum absolute atomic E-state index is 14.7. The molecule has 35 heavy (non-hydrogen) atoms. The van der Waals surface area contributed by atoms with Gasteiger partial charge in [-0.2, -0.15) is 17.6 Å². The first kappa shape index (κ1) is 23.2. The zero-order chi connectivity index (χ0) is 24.7. The molecule has 1 aliphatic carbocycles. The Morgan fingerprint density at radius 2 is 1.86 bits per heavy atom. The van der Waals surface area contributed by atoms with E-state index in [0.717, 1.165) is 35.3 Å². The van der Waals surface area contributed by atoms with E-state index in [1.165, 1.54) is 12.3 Å². The molecule has 0 bridgehead atoms. The van der Waals surface area contributed by atoms with Gasteiger partial charge < -0.3 is 5.32 Å². The summed E-state index contributed by atoms with van der Waals surface area (Å²) < 4.78 is 42.2. The average Bonchev–Trinajstić information content (AvgIpc) is 3.55. The molecule has 5 rings (SSSR count). The fourth-order valence-corrected chi connectivity index (χ4v) is 5.47. The second-order valence-electron chi connectivity index (χ2n) is 9.04. The molecule has 0 spiro atoms. The van der Waals surface area contributed by atoms with Crippen molar-refractivity contribution in [2.45, 2.75) is 50.5 Å². The third-order valence-electron chi connectivity index (χ3n) is 6.35. The maximum atomic E-state index is 14.7. The quantitative estimate of drug-likeness (QED) is 0.384. The molecular weight excluding hydrogens is 465 g/mol. The molecule has 8 heteroatoms. The number of hydrogen-bond donors (Lipinski definition) is 1. The Bertz CT molecular complexity index is 1540. The number of nitrogens with zero attached hydrogens (tertiary/aromatic N) is 2. The molecule has 180 valence electrons. The van der Waals surface area contributed by atoms with Crippen molar-refractivity contribution in [3.05, 3.63) is 83.3 Å². The van der Waals surface area contributed by atoms with Gasteiger partial charge in [0.25, 0.3) is 15.9 Å². The highest BCUT2D eigenvalue weighted by Crippen LogP contribution is 2.31. The van der Waals surface area contributed by atoms with E-state index in [-0.39, 0.29) is 22.4 Å². The summed E-state index contributed by atoms with van der Waals surface area (Å²) in [7, 11) is -3.88. The first-order valence-electron chi connectivity index (χ1n) is 11.7. The first-order valence-corrected chi connectivity index (χ1v) is 13.2. The molecule has 0 radical (unpaired) electrons. The van der Waals surface area contributed by atoms with Crippen molar-refractivity contribution in [3.8, 4) is 11.1 Å². The van der Waals surface area contributed by atoms with E-state index in [4.69, 9.17) is 0 Å². The van der Waals surface area contributed by atoms with Crippen LogP contribution in [0.4, 0.5) is 4.39 Å². The molecular formula is C27H26FN3O3S. The van der Waals surface area contributed by atoms with Crippen molar-refractivity contribution in [3.63, 3.8) is 0 Å². The van der Waals surface area contributed by atoms with Gasteiger partial charge in [0.05, 0.1) is 16.6 Å². The van der Waals surface area contributed by atoms with Gasteiger partial charge in [-0.25, -0.2) is 4.39 Å². The van der Waals surface area contributed by atoms with Gasteiger partial charge in [0.1, 0.15) is 5.82 Å². The number of aromatic nitrogens is 2. The van der Waals surface area contributed by atoms with Crippen molar-refractivity contribution in [1.29, 1.82) is 0 Å². The lowest BCUT2D eigenvalue weighted by Crippen LogP contribution is -2.25. The molecule has 1 aromatic heterocycles. The zero-order valence-corrected chi connectivity index (χ0v) is 20.4. The monoisotopic (exact) mass is 491 g/mol. The number of amides is 1. The minimum absolute atomic E-state index is 0.165. The van der Waals surface area contributed by atoms with Crippen LogP contribution in [0.15, 0.2) is 65.7 Å². The number of carbonyl (C=O) groups is 1. The Hall–Kier alpha value is -3.52. The van der Waals surface area contributed by atoms with Crippen LogP contribution in [0.5, 0.6) is 0 Å². The maximum Gasteiger partial charge on any atom is 0.283 e. The smallest absolute Gasteiger partial charge is 0.283 e. The first-order chi connectivity index (χ1) is 16.8. The average molecular weight is 492 g/mol. The van der Waals surface area contributed by atoms with Gasteiger partial charge in [0.15, 0.2) is 0 Å². The van der Waals surface area contributed by atoms with E-state index in [1.807, 2.05) is 12.1 Å². The highest BCUT2D eigenvalue weighted by molar-refractivity contribution is 7.90. The summed E-state index contributed by atoms with van der Waals surface area (Å²) in [5.41, 5.74) is 3.44. The number of rotatable bonds is 7. The molecule has 1 amide bonds. The molecule has 1 aliphatic rings. The Balaban J connectivity index is 1.51. The van der Waals surface area contributed by atoms with Crippen molar-refractivity contribution in [2.75, 3.05) is 0 Å². The van der Waals surface area contributed by atoms with E-state index in [9.17, 15) is 17.6 Å². The van der Waals surface area contributed by atoms with Gasteiger partial charge in [-0.1, -0.05) is 31.5 Å². The van der Waals surface area contributed by atoms with Gasteiger partial charge in [-0.3, -0.25) is 4.79 Å². The van der Waals surface area contributed by atoms with Crippen LogP contribution in [0.25, 0.3) is 22.0 Å². The Morgan fingerprint density at radius 1 is 1.11 bits per heavy atom. The standard InChI is InChI=1S/C27H26FN3O3S/c1-3-4-18-5-10-23(11-6-18)35(33,34)31-26-12-7-19(13-21(26)16-29-31)24-14-20(15-25(28)17(24)2)27(32)30-22-8-9-22/h5-7,10-16,22H,3-4,8-9H2,1-2H3,(H,30,32). The number of nitrogens with one attached hydrogen (secondary N) is 1. The second kappa shape index (κ2) is 8.92. The largest absolute Gasteiger partial charge is 0.349 e. The summed E-state index contributed by atoms with van der Waals surface area (Å²) in [5, 5.41) is 7.64. The minimum Gasteiger partial charge on any atom is -0.349 e. The number of aryl methyl sites for hydroxylation is 1. The van der Waals surface area contributed by atoms with Gasteiger partial charge in [-0.15, -0.1) is 0 Å². The van der Waals surface area contributed by atoms with Crippen LogP contribution in [-0.4, -0.2) is 29.6 Å². The molecule has 6 nitrogen and oxygen atoms in total. The van der Waals surface area contributed by atoms with Gasteiger partial charge >= 0.3 is 0 Å². The van der Waals surface area contributed by atoms with E-state index in [2.05, 4.69) is 17.3 Å². The molecule has 3 aromatic carbocycles. The number of carbonyl (C=O) groups excluding carboxylic acids is 1. The summed E-state index contributed by atoms with van der Waals surface area (Å²) >= 11 is 0. The van der Waals surface area contributed by atoms with Crippen LogP contribution in [-0.2, 0) is 16.4 Å². The lowest BCUT2D eigenvalue weighted by Gasteiger charge is -2.12. The second-order valence-corrected chi connectivity index (χ2v) is 10.8. The molecule has 1 N–H and O–H groups in total. The third kappa shape index (κ3) is 4.46. The topological polar surface area (TPSA) is 81.1 Å². The van der Waals surface area contributed by atoms with Gasteiger partial charge in [0, 0.05) is 17.0 Å². The highest BCUT2D eigenvalue weighted by Gasteiger charge is 2.25. The fourth-order valence-electron chi connectivity index (χ4n) is 4.19. The molecule has 0 saturated heterocycles. The van der Waals surface area contributed by atoms with E-state index < -0.39 is 15.8 Å². The summed E-state index contributed by atoms with van der Waals surface area (Å²) in [4.78, 5) is 12.7. The Morgan fingerprint density at radius 3 is 2.54 bits per heavy atom. The van der Waals surface area contributed by atoms with Crippen molar-refractivity contribution < 1.29 is 17.6 Å². The van der Waals surface area contributed by atoms with Crippen molar-refractivity contribution in [2.24, 2.45) is 0 Å². The van der Waals surface area contributed by atoms with Gasteiger partial charge in [0.2, 0.25) is 0 Å². The summed E-state index contributed by atoms with van der Waals surface area (Å²) in [6, 6.07) is 15.1. The lowest BCUT2D eigenvalue weighted by molar-refractivity contribution is 0.0950. The summed E-state index contributed by atoms with van der Waals surface area (Å²) in [6.45, 7) is 3.73. The molecule has 1 saturated carbocycles. The van der Waals surface area contributed by atoms with Crippen molar-refractivity contribution >= 4 is 26.8 Å². The molecule has 0 unspecified atom stereocenters. The molecule has 0 atom stereocenters. The van der Waals surface area contributed by atoms with E-state index in [0.29, 0.717) is 27.6 Å². The Labute approximate surface area is 203 Å².